The molecule has 1 atom stereocenters. The van der Waals surface area contributed by atoms with Gasteiger partial charge in [0.1, 0.15) is 0 Å². The highest BCUT2D eigenvalue weighted by Crippen LogP contribution is 2.30. The number of hydrogen-bond donors (Lipinski definition) is 0. The molecular weight excluding hydrogens is 218 g/mol. The molecule has 3 rings (SSSR count). The minimum absolute atomic E-state index is 0.676. The maximum absolute atomic E-state index is 2.58. The number of rotatable bonds is 2. The highest BCUT2D eigenvalue weighted by Gasteiger charge is 2.25. The Labute approximate surface area is 109 Å². The number of benzene rings is 2. The molecule has 2 aromatic rings. The lowest BCUT2D eigenvalue weighted by Gasteiger charge is -2.20. The topological polar surface area (TPSA) is 3.24 Å². The van der Waals surface area contributed by atoms with Gasteiger partial charge in [-0.25, -0.2) is 0 Å². The van der Waals surface area contributed by atoms with Crippen molar-refractivity contribution in [3.63, 3.8) is 0 Å². The lowest BCUT2D eigenvalue weighted by Crippen LogP contribution is -2.27. The van der Waals surface area contributed by atoms with Crippen LogP contribution < -0.4 is 0 Å². The first-order chi connectivity index (χ1) is 8.74. The molecule has 1 heteroatoms. The van der Waals surface area contributed by atoms with Gasteiger partial charge in [0.15, 0.2) is 0 Å². The summed E-state index contributed by atoms with van der Waals surface area (Å²) >= 11 is 0. The first kappa shape index (κ1) is 11.7. The van der Waals surface area contributed by atoms with Crippen molar-refractivity contribution in [1.82, 2.24) is 4.90 Å². The van der Waals surface area contributed by atoms with Gasteiger partial charge >= 0.3 is 0 Å². The van der Waals surface area contributed by atoms with E-state index in [-0.39, 0.29) is 0 Å². The van der Waals surface area contributed by atoms with Gasteiger partial charge in [0.25, 0.3) is 0 Å². The van der Waals surface area contributed by atoms with Crippen molar-refractivity contribution in [2.45, 2.75) is 32.2 Å². The number of nitrogens with zero attached hydrogens (tertiary/aromatic N) is 1. The van der Waals surface area contributed by atoms with Crippen molar-refractivity contribution >= 4 is 10.8 Å². The highest BCUT2D eigenvalue weighted by molar-refractivity contribution is 5.83. The second-order valence-corrected chi connectivity index (χ2v) is 5.68. The SMILES string of the molecule is CC(C)N1CCC(c2ccc3ccccc3c2)C1. The summed E-state index contributed by atoms with van der Waals surface area (Å²) in [6.07, 6.45) is 1.30. The van der Waals surface area contributed by atoms with Crippen LogP contribution in [0.2, 0.25) is 0 Å². The quantitative estimate of drug-likeness (QED) is 0.764. The Hall–Kier alpha value is -1.34. The molecule has 0 N–H and O–H groups in total. The van der Waals surface area contributed by atoms with Gasteiger partial charge in [-0.15, -0.1) is 0 Å². The molecule has 1 aliphatic heterocycles. The van der Waals surface area contributed by atoms with Crippen LogP contribution in [0.5, 0.6) is 0 Å². The van der Waals surface area contributed by atoms with Gasteiger partial charge < -0.3 is 4.90 Å². The summed E-state index contributed by atoms with van der Waals surface area (Å²) in [7, 11) is 0. The molecule has 1 nitrogen and oxygen atoms in total. The maximum Gasteiger partial charge on any atom is 0.00535 e. The molecule has 1 heterocycles. The smallest absolute Gasteiger partial charge is 0.00535 e. The first-order valence-electron chi connectivity index (χ1n) is 6.97. The zero-order valence-corrected chi connectivity index (χ0v) is 11.3. The fraction of sp³-hybridized carbons (Fsp3) is 0.412. The molecule has 0 aliphatic carbocycles. The third-order valence-corrected chi connectivity index (χ3v) is 4.19. The Morgan fingerprint density at radius 3 is 2.56 bits per heavy atom. The molecule has 1 unspecified atom stereocenters. The van der Waals surface area contributed by atoms with E-state index < -0.39 is 0 Å². The number of fused-ring (bicyclic) bond motifs is 1. The molecule has 1 fully saturated rings. The average molecular weight is 239 g/mol. The molecular formula is C17H21N. The van der Waals surface area contributed by atoms with Gasteiger partial charge in [-0.05, 0) is 49.1 Å². The normalized spacial score (nSPS) is 20.9. The van der Waals surface area contributed by atoms with E-state index in [9.17, 15) is 0 Å². The van der Waals surface area contributed by atoms with E-state index in [0.29, 0.717) is 6.04 Å². The zero-order chi connectivity index (χ0) is 12.5. The fourth-order valence-electron chi connectivity index (χ4n) is 2.99. The van der Waals surface area contributed by atoms with E-state index in [0.717, 1.165) is 5.92 Å². The van der Waals surface area contributed by atoms with Gasteiger partial charge in [-0.2, -0.15) is 0 Å². The molecule has 94 valence electrons. The molecule has 0 spiro atoms. The summed E-state index contributed by atoms with van der Waals surface area (Å²) in [6, 6.07) is 16.3. The summed E-state index contributed by atoms with van der Waals surface area (Å²) in [4.78, 5) is 2.58. The molecule has 18 heavy (non-hydrogen) atoms. The maximum atomic E-state index is 2.58. The summed E-state index contributed by atoms with van der Waals surface area (Å²) in [6.45, 7) is 7.05. The van der Waals surface area contributed by atoms with Crippen LogP contribution in [0.3, 0.4) is 0 Å². The standard InChI is InChI=1S/C17H21N/c1-13(2)18-10-9-17(12-18)16-8-7-14-5-3-4-6-15(14)11-16/h3-8,11,13,17H,9-10,12H2,1-2H3. The van der Waals surface area contributed by atoms with Gasteiger partial charge in [-0.3, -0.25) is 0 Å². The second kappa shape index (κ2) is 4.74. The summed E-state index contributed by atoms with van der Waals surface area (Å²) in [5.74, 6) is 0.719. The Morgan fingerprint density at radius 2 is 1.83 bits per heavy atom. The van der Waals surface area contributed by atoms with Crippen LogP contribution in [0, 0.1) is 0 Å². The van der Waals surface area contributed by atoms with Crippen molar-refractivity contribution in [3.8, 4) is 0 Å². The van der Waals surface area contributed by atoms with Gasteiger partial charge in [0.2, 0.25) is 0 Å². The van der Waals surface area contributed by atoms with Crippen molar-refractivity contribution in [3.05, 3.63) is 48.0 Å². The summed E-state index contributed by atoms with van der Waals surface area (Å²) in [5, 5.41) is 2.72. The third-order valence-electron chi connectivity index (χ3n) is 4.19. The van der Waals surface area contributed by atoms with Crippen molar-refractivity contribution in [2.24, 2.45) is 0 Å². The van der Waals surface area contributed by atoms with Gasteiger partial charge in [0.05, 0.1) is 0 Å². The van der Waals surface area contributed by atoms with E-state index in [1.54, 1.807) is 0 Å². The lowest BCUT2D eigenvalue weighted by atomic mass is 9.96. The summed E-state index contributed by atoms with van der Waals surface area (Å²) in [5.41, 5.74) is 1.51. The number of likely N-dealkylation sites (tertiary alicyclic amines) is 1. The van der Waals surface area contributed by atoms with Crippen LogP contribution in [-0.4, -0.2) is 24.0 Å². The zero-order valence-electron chi connectivity index (χ0n) is 11.3. The Kier molecular flexibility index (Phi) is 3.09. The van der Waals surface area contributed by atoms with Crippen LogP contribution >= 0.6 is 0 Å². The Balaban J connectivity index is 1.87. The summed E-state index contributed by atoms with van der Waals surface area (Å²) < 4.78 is 0. The molecule has 1 aliphatic rings. The van der Waals surface area contributed by atoms with E-state index in [4.69, 9.17) is 0 Å². The van der Waals surface area contributed by atoms with E-state index in [1.165, 1.54) is 35.8 Å². The minimum atomic E-state index is 0.676. The second-order valence-electron chi connectivity index (χ2n) is 5.68. The van der Waals surface area contributed by atoms with Crippen LogP contribution in [0.4, 0.5) is 0 Å². The largest absolute Gasteiger partial charge is 0.300 e. The molecule has 0 radical (unpaired) electrons. The van der Waals surface area contributed by atoms with Crippen LogP contribution in [0.25, 0.3) is 10.8 Å². The van der Waals surface area contributed by atoms with Crippen LogP contribution in [0.15, 0.2) is 42.5 Å². The van der Waals surface area contributed by atoms with E-state index in [1.807, 2.05) is 0 Å². The fourth-order valence-corrected chi connectivity index (χ4v) is 2.99. The first-order valence-corrected chi connectivity index (χ1v) is 6.97. The predicted molar refractivity (Wildman–Crippen MR) is 78.0 cm³/mol. The molecule has 0 bridgehead atoms. The van der Waals surface area contributed by atoms with Crippen LogP contribution in [-0.2, 0) is 0 Å². The Morgan fingerprint density at radius 1 is 1.06 bits per heavy atom. The van der Waals surface area contributed by atoms with Gasteiger partial charge in [0, 0.05) is 12.6 Å². The van der Waals surface area contributed by atoms with E-state index in [2.05, 4.69) is 61.2 Å². The lowest BCUT2D eigenvalue weighted by molar-refractivity contribution is 0.272. The van der Waals surface area contributed by atoms with E-state index >= 15 is 0 Å². The monoisotopic (exact) mass is 239 g/mol. The molecule has 0 aromatic heterocycles. The predicted octanol–water partition coefficient (Wildman–Crippen LogP) is 4.04. The van der Waals surface area contributed by atoms with Crippen molar-refractivity contribution in [2.75, 3.05) is 13.1 Å². The molecule has 0 saturated carbocycles. The van der Waals surface area contributed by atoms with Crippen molar-refractivity contribution < 1.29 is 0 Å². The molecule has 2 aromatic carbocycles. The molecule has 0 amide bonds. The Bertz CT molecular complexity index is 544. The van der Waals surface area contributed by atoms with Crippen LogP contribution in [0.1, 0.15) is 31.7 Å². The highest BCUT2D eigenvalue weighted by atomic mass is 15.2. The molecule has 1 saturated heterocycles. The number of hydrogen-bond acceptors (Lipinski definition) is 1. The third kappa shape index (κ3) is 2.15. The van der Waals surface area contributed by atoms with Gasteiger partial charge in [-0.1, -0.05) is 42.5 Å². The van der Waals surface area contributed by atoms with Crippen molar-refractivity contribution in [1.29, 1.82) is 0 Å². The average Bonchev–Trinajstić information content (AvgIpc) is 2.88. The minimum Gasteiger partial charge on any atom is -0.300 e.